The second kappa shape index (κ2) is 6.04. The summed E-state index contributed by atoms with van der Waals surface area (Å²) in [5.74, 6) is -3.26. The zero-order valence-corrected chi connectivity index (χ0v) is 12.7. The molecule has 2 heterocycles. The molecule has 3 rings (SSSR count). The van der Waals surface area contributed by atoms with Gasteiger partial charge in [0.2, 0.25) is 5.43 Å². The Morgan fingerprint density at radius 1 is 1.33 bits per heavy atom. The van der Waals surface area contributed by atoms with E-state index in [0.717, 1.165) is 16.8 Å². The van der Waals surface area contributed by atoms with E-state index in [2.05, 4.69) is 11.9 Å². The summed E-state index contributed by atoms with van der Waals surface area (Å²) in [4.78, 5) is 25.0. The second-order valence-corrected chi connectivity index (χ2v) is 5.42. The first-order chi connectivity index (χ1) is 11.5. The van der Waals surface area contributed by atoms with Gasteiger partial charge in [-0.3, -0.25) is 4.79 Å². The summed E-state index contributed by atoms with van der Waals surface area (Å²) in [7, 11) is 0. The highest BCUT2D eigenvalue weighted by Crippen LogP contribution is 2.30. The molecule has 0 unspecified atom stereocenters. The first kappa shape index (κ1) is 16.1. The predicted octanol–water partition coefficient (Wildman–Crippen LogP) is 1.49. The zero-order valence-electron chi connectivity index (χ0n) is 12.7. The number of benzene rings is 1. The van der Waals surface area contributed by atoms with E-state index in [0.29, 0.717) is 26.2 Å². The molecule has 24 heavy (non-hydrogen) atoms. The Morgan fingerprint density at radius 3 is 2.58 bits per heavy atom. The number of halogens is 2. The third kappa shape index (κ3) is 2.44. The normalized spacial score (nSPS) is 14.8. The highest BCUT2D eigenvalue weighted by molar-refractivity contribution is 5.94. The number of carbonyl (C=O) groups is 1. The molecule has 0 spiro atoms. The monoisotopic (exact) mass is 335 g/mol. The molecule has 1 aliphatic rings. The van der Waals surface area contributed by atoms with Crippen molar-refractivity contribution in [2.24, 2.45) is 0 Å². The van der Waals surface area contributed by atoms with Crippen LogP contribution < -0.4 is 15.6 Å². The van der Waals surface area contributed by atoms with E-state index in [4.69, 9.17) is 5.11 Å². The minimum atomic E-state index is -1.47. The van der Waals surface area contributed by atoms with Gasteiger partial charge in [-0.15, -0.1) is 0 Å². The number of hydrogen-bond acceptors (Lipinski definition) is 4. The number of hydrogen-bond donors (Lipinski definition) is 2. The van der Waals surface area contributed by atoms with Gasteiger partial charge in [-0.25, -0.2) is 13.6 Å². The van der Waals surface area contributed by atoms with Crippen LogP contribution in [0, 0.1) is 11.6 Å². The lowest BCUT2D eigenvalue weighted by molar-refractivity contribution is 0.0695. The quantitative estimate of drug-likeness (QED) is 0.889. The van der Waals surface area contributed by atoms with E-state index in [9.17, 15) is 14.0 Å². The number of carboxylic acids is 1. The summed E-state index contributed by atoms with van der Waals surface area (Å²) in [5, 5.41) is 11.9. The molecule has 1 saturated heterocycles. The largest absolute Gasteiger partial charge is 0.477 e. The zero-order chi connectivity index (χ0) is 17.4. The van der Waals surface area contributed by atoms with Crippen LogP contribution in [0.2, 0.25) is 0 Å². The average Bonchev–Trinajstić information content (AvgIpc) is 2.56. The summed E-state index contributed by atoms with van der Waals surface area (Å²) in [6.45, 7) is 5.52. The number of aromatic nitrogens is 1. The fourth-order valence-electron chi connectivity index (χ4n) is 2.91. The molecule has 1 aliphatic heterocycles. The Hall–Kier alpha value is -2.74. The van der Waals surface area contributed by atoms with Gasteiger partial charge in [0.15, 0.2) is 5.82 Å². The molecule has 1 aromatic heterocycles. The molecule has 6 nitrogen and oxygen atoms in total. The van der Waals surface area contributed by atoms with Crippen LogP contribution in [0.1, 0.15) is 10.4 Å². The van der Waals surface area contributed by atoms with Crippen LogP contribution >= 0.6 is 0 Å². The maximum Gasteiger partial charge on any atom is 0.341 e. The summed E-state index contributed by atoms with van der Waals surface area (Å²) in [5.41, 5.74) is -1.91. The Morgan fingerprint density at radius 2 is 2.00 bits per heavy atom. The fourth-order valence-corrected chi connectivity index (χ4v) is 2.91. The van der Waals surface area contributed by atoms with Crippen molar-refractivity contribution in [3.05, 3.63) is 46.3 Å². The molecule has 0 saturated carbocycles. The SMILES string of the molecule is C=Cn1cc(C(=O)O)c(=O)c2cc(F)c(N3CCNCC3)c(F)c21. The van der Waals surface area contributed by atoms with Gasteiger partial charge in [0.05, 0.1) is 10.9 Å². The van der Waals surface area contributed by atoms with Crippen molar-refractivity contribution in [2.75, 3.05) is 31.1 Å². The molecule has 2 aromatic rings. The van der Waals surface area contributed by atoms with Crippen molar-refractivity contribution in [1.29, 1.82) is 0 Å². The van der Waals surface area contributed by atoms with Crippen molar-refractivity contribution in [3.63, 3.8) is 0 Å². The predicted molar refractivity (Wildman–Crippen MR) is 86.6 cm³/mol. The van der Waals surface area contributed by atoms with Crippen LogP contribution in [-0.4, -0.2) is 41.8 Å². The van der Waals surface area contributed by atoms with Gasteiger partial charge in [0.25, 0.3) is 0 Å². The van der Waals surface area contributed by atoms with Gasteiger partial charge in [0, 0.05) is 38.6 Å². The molecule has 8 heteroatoms. The summed E-state index contributed by atoms with van der Waals surface area (Å²) in [6.07, 6.45) is 2.17. The standard InChI is InChI=1S/C16H15F2N3O3/c1-2-20-8-10(16(23)24)15(22)9-7-11(17)14(12(18)13(9)20)21-5-3-19-4-6-21/h2,7-8,19H,1,3-6H2,(H,23,24). The van der Waals surface area contributed by atoms with Crippen molar-refractivity contribution < 1.29 is 18.7 Å². The van der Waals surface area contributed by atoms with Crippen LogP contribution in [-0.2, 0) is 0 Å². The number of rotatable bonds is 3. The second-order valence-electron chi connectivity index (χ2n) is 5.42. The highest BCUT2D eigenvalue weighted by atomic mass is 19.1. The van der Waals surface area contributed by atoms with E-state index in [1.807, 2.05) is 0 Å². The molecule has 126 valence electrons. The van der Waals surface area contributed by atoms with E-state index >= 15 is 4.39 Å². The molecule has 0 radical (unpaired) electrons. The molecule has 1 aromatic carbocycles. The number of carboxylic acid groups (broad SMARTS) is 1. The average molecular weight is 335 g/mol. The summed E-state index contributed by atoms with van der Waals surface area (Å²) >= 11 is 0. The van der Waals surface area contributed by atoms with Gasteiger partial charge in [0.1, 0.15) is 17.1 Å². The van der Waals surface area contributed by atoms with Crippen molar-refractivity contribution in [2.45, 2.75) is 0 Å². The number of piperazine rings is 1. The Balaban J connectivity index is 2.36. The minimum Gasteiger partial charge on any atom is -0.477 e. The minimum absolute atomic E-state index is 0.185. The fraction of sp³-hybridized carbons (Fsp3) is 0.250. The van der Waals surface area contributed by atoms with Crippen LogP contribution in [0.15, 0.2) is 23.6 Å². The van der Waals surface area contributed by atoms with Crippen LogP contribution in [0.5, 0.6) is 0 Å². The first-order valence-electron chi connectivity index (χ1n) is 7.34. The van der Waals surface area contributed by atoms with Gasteiger partial charge in [-0.1, -0.05) is 6.58 Å². The Kier molecular flexibility index (Phi) is 4.06. The number of fused-ring (bicyclic) bond motifs is 1. The molecule has 0 bridgehead atoms. The summed E-state index contributed by atoms with van der Waals surface area (Å²) in [6, 6.07) is 0.893. The van der Waals surface area contributed by atoms with Crippen LogP contribution in [0.25, 0.3) is 17.1 Å². The maximum absolute atomic E-state index is 15.0. The molecule has 0 aliphatic carbocycles. The van der Waals surface area contributed by atoms with Crippen LogP contribution in [0.3, 0.4) is 0 Å². The maximum atomic E-state index is 15.0. The van der Waals surface area contributed by atoms with Crippen molar-refractivity contribution >= 4 is 28.8 Å². The molecule has 2 N–H and O–H groups in total. The molecular weight excluding hydrogens is 320 g/mol. The smallest absolute Gasteiger partial charge is 0.341 e. The Bertz CT molecular complexity index is 902. The molecule has 0 atom stereocenters. The van der Waals surface area contributed by atoms with E-state index in [-0.39, 0.29) is 16.6 Å². The molecule has 0 amide bonds. The number of pyridine rings is 1. The third-order valence-electron chi connectivity index (χ3n) is 4.04. The topological polar surface area (TPSA) is 74.6 Å². The van der Waals surface area contributed by atoms with Crippen LogP contribution in [0.4, 0.5) is 14.5 Å². The van der Waals surface area contributed by atoms with E-state index in [1.54, 1.807) is 4.90 Å². The summed E-state index contributed by atoms with van der Waals surface area (Å²) < 4.78 is 30.6. The molecular formula is C16H15F2N3O3. The van der Waals surface area contributed by atoms with Gasteiger partial charge < -0.3 is 19.9 Å². The van der Waals surface area contributed by atoms with Crippen molar-refractivity contribution in [3.8, 4) is 0 Å². The number of anilines is 1. The Labute approximate surface area is 135 Å². The third-order valence-corrected chi connectivity index (χ3v) is 4.04. The number of aromatic carboxylic acids is 1. The first-order valence-corrected chi connectivity index (χ1v) is 7.34. The van der Waals surface area contributed by atoms with Gasteiger partial charge in [-0.2, -0.15) is 0 Å². The van der Waals surface area contributed by atoms with Gasteiger partial charge in [-0.05, 0) is 6.07 Å². The number of nitrogens with one attached hydrogen (secondary N) is 1. The van der Waals surface area contributed by atoms with E-state index < -0.39 is 28.6 Å². The van der Waals surface area contributed by atoms with Gasteiger partial charge >= 0.3 is 5.97 Å². The lowest BCUT2D eigenvalue weighted by Gasteiger charge is -2.30. The van der Waals surface area contributed by atoms with Crippen molar-refractivity contribution in [1.82, 2.24) is 9.88 Å². The lowest BCUT2D eigenvalue weighted by Crippen LogP contribution is -2.44. The highest BCUT2D eigenvalue weighted by Gasteiger charge is 2.25. The lowest BCUT2D eigenvalue weighted by atomic mass is 10.1. The number of nitrogens with zero attached hydrogens (tertiary/aromatic N) is 2. The van der Waals surface area contributed by atoms with E-state index in [1.165, 1.54) is 6.20 Å². The molecule has 1 fully saturated rings.